The number of aryl methyl sites for hydroxylation is 1. The van der Waals surface area contributed by atoms with Gasteiger partial charge in [-0.2, -0.15) is 0 Å². The summed E-state index contributed by atoms with van der Waals surface area (Å²) in [5, 5.41) is 3.64. The van der Waals surface area contributed by atoms with E-state index in [4.69, 9.17) is 21.1 Å². The zero-order valence-corrected chi connectivity index (χ0v) is 24.0. The highest BCUT2D eigenvalue weighted by atomic mass is 35.5. The Morgan fingerprint density at radius 3 is 2.13 bits per heavy atom. The fourth-order valence-electron chi connectivity index (χ4n) is 4.37. The van der Waals surface area contributed by atoms with Crippen molar-refractivity contribution < 1.29 is 19.1 Å². The van der Waals surface area contributed by atoms with Crippen molar-refractivity contribution in [3.8, 4) is 11.5 Å². The highest BCUT2D eigenvalue weighted by Crippen LogP contribution is 2.29. The third kappa shape index (κ3) is 9.32. The molecule has 3 aromatic carbocycles. The van der Waals surface area contributed by atoms with Crippen molar-refractivity contribution in [1.82, 2.24) is 10.2 Å². The first-order valence-electron chi connectivity index (χ1n) is 13.6. The van der Waals surface area contributed by atoms with Gasteiger partial charge in [-0.1, -0.05) is 60.1 Å². The lowest BCUT2D eigenvalue weighted by molar-refractivity contribution is -0.141. The molecule has 3 rings (SSSR count). The smallest absolute Gasteiger partial charge is 0.243 e. The van der Waals surface area contributed by atoms with Gasteiger partial charge in [-0.15, -0.1) is 0 Å². The van der Waals surface area contributed by atoms with Gasteiger partial charge in [-0.05, 0) is 75.1 Å². The normalized spacial score (nSPS) is 11.6. The minimum absolute atomic E-state index is 0.0518. The molecule has 0 aliphatic carbocycles. The highest BCUT2D eigenvalue weighted by molar-refractivity contribution is 6.30. The molecular formula is C32H39ClN2O4. The Morgan fingerprint density at radius 2 is 1.49 bits per heavy atom. The number of carbonyl (C=O) groups excluding carboxylic acids is 2. The van der Waals surface area contributed by atoms with Crippen molar-refractivity contribution in [2.24, 2.45) is 0 Å². The van der Waals surface area contributed by atoms with Crippen LogP contribution in [0.4, 0.5) is 0 Å². The summed E-state index contributed by atoms with van der Waals surface area (Å²) in [4.78, 5) is 29.0. The first-order chi connectivity index (χ1) is 18.8. The Labute approximate surface area is 237 Å². The number of benzene rings is 3. The Bertz CT molecular complexity index is 1200. The van der Waals surface area contributed by atoms with Crippen LogP contribution in [-0.2, 0) is 29.0 Å². The maximum atomic E-state index is 13.9. The molecule has 3 aromatic rings. The highest BCUT2D eigenvalue weighted by Gasteiger charge is 2.30. The zero-order chi connectivity index (χ0) is 28.2. The number of ether oxygens (including phenoxy) is 2. The third-order valence-electron chi connectivity index (χ3n) is 6.20. The van der Waals surface area contributed by atoms with Gasteiger partial charge in [0, 0.05) is 30.5 Å². The van der Waals surface area contributed by atoms with Gasteiger partial charge in [0.25, 0.3) is 0 Å². The van der Waals surface area contributed by atoms with E-state index in [-0.39, 0.29) is 24.3 Å². The molecule has 0 radical (unpaired) electrons. The fourth-order valence-corrected chi connectivity index (χ4v) is 4.49. The average molecular weight is 551 g/mol. The van der Waals surface area contributed by atoms with Crippen molar-refractivity contribution in [3.63, 3.8) is 0 Å². The summed E-state index contributed by atoms with van der Waals surface area (Å²) in [6, 6.07) is 22.2. The van der Waals surface area contributed by atoms with Crippen molar-refractivity contribution >= 4 is 23.4 Å². The predicted octanol–water partition coefficient (Wildman–Crippen LogP) is 6.23. The summed E-state index contributed by atoms with van der Waals surface area (Å²) in [6.45, 7) is 9.05. The van der Waals surface area contributed by atoms with E-state index >= 15 is 0 Å². The Kier molecular flexibility index (Phi) is 11.7. The molecule has 0 saturated carbocycles. The number of halogens is 1. The first kappa shape index (κ1) is 30.0. The van der Waals surface area contributed by atoms with Crippen LogP contribution in [0, 0.1) is 0 Å². The number of rotatable bonds is 14. The standard InChI is InChI=1S/C32H39ClN2O4/c1-5-38-29-18-14-25(21-30(29)39-6-2)15-19-31(36)35(22-26-12-16-27(33)17-13-26)28(32(37)34-23(3)4)20-24-10-8-7-9-11-24/h7-14,16-18,21,23,28H,5-6,15,19-20,22H2,1-4H3,(H,34,37). The first-order valence-corrected chi connectivity index (χ1v) is 13.9. The molecule has 0 bridgehead atoms. The number of carbonyl (C=O) groups is 2. The second-order valence-corrected chi connectivity index (χ2v) is 10.1. The van der Waals surface area contributed by atoms with Gasteiger partial charge in [-0.25, -0.2) is 0 Å². The van der Waals surface area contributed by atoms with E-state index in [1.165, 1.54) is 0 Å². The van der Waals surface area contributed by atoms with E-state index in [0.717, 1.165) is 16.7 Å². The quantitative estimate of drug-likeness (QED) is 0.258. The molecule has 1 atom stereocenters. The fraction of sp³-hybridized carbons (Fsp3) is 0.375. The third-order valence-corrected chi connectivity index (χ3v) is 6.46. The van der Waals surface area contributed by atoms with E-state index in [1.807, 2.05) is 88.4 Å². The molecule has 0 spiro atoms. The number of amides is 2. The van der Waals surface area contributed by atoms with Crippen molar-refractivity contribution in [2.75, 3.05) is 13.2 Å². The topological polar surface area (TPSA) is 67.9 Å². The van der Waals surface area contributed by atoms with Crippen LogP contribution < -0.4 is 14.8 Å². The number of nitrogens with zero attached hydrogens (tertiary/aromatic N) is 1. The minimum atomic E-state index is -0.669. The molecule has 0 heterocycles. The average Bonchev–Trinajstić information content (AvgIpc) is 2.92. The van der Waals surface area contributed by atoms with Crippen molar-refractivity contribution in [3.05, 3.63) is 94.5 Å². The van der Waals surface area contributed by atoms with Crippen molar-refractivity contribution in [1.29, 1.82) is 0 Å². The predicted molar refractivity (Wildman–Crippen MR) is 156 cm³/mol. The van der Waals surface area contributed by atoms with Crippen LogP contribution >= 0.6 is 11.6 Å². The maximum absolute atomic E-state index is 13.9. The van der Waals surface area contributed by atoms with Gasteiger partial charge in [-0.3, -0.25) is 9.59 Å². The summed E-state index contributed by atoms with van der Waals surface area (Å²) < 4.78 is 11.4. The van der Waals surface area contributed by atoms with Crippen molar-refractivity contribution in [2.45, 2.75) is 65.6 Å². The molecule has 2 amide bonds. The Balaban J connectivity index is 1.89. The maximum Gasteiger partial charge on any atom is 0.243 e. The van der Waals surface area contributed by atoms with Crippen LogP contribution in [0.3, 0.4) is 0 Å². The molecule has 0 saturated heterocycles. The van der Waals surface area contributed by atoms with Crippen LogP contribution in [0.15, 0.2) is 72.8 Å². The number of hydrogen-bond acceptors (Lipinski definition) is 4. The molecule has 0 aliphatic rings. The summed E-state index contributed by atoms with van der Waals surface area (Å²) in [6.07, 6.45) is 1.16. The van der Waals surface area contributed by atoms with Crippen LogP contribution in [0.2, 0.25) is 5.02 Å². The van der Waals surface area contributed by atoms with E-state index < -0.39 is 6.04 Å². The number of nitrogens with one attached hydrogen (secondary N) is 1. The van der Waals surface area contributed by atoms with Gasteiger partial charge in [0.05, 0.1) is 13.2 Å². The van der Waals surface area contributed by atoms with E-state index in [0.29, 0.717) is 49.1 Å². The summed E-state index contributed by atoms with van der Waals surface area (Å²) >= 11 is 6.11. The van der Waals surface area contributed by atoms with E-state index in [9.17, 15) is 9.59 Å². The van der Waals surface area contributed by atoms with Gasteiger partial charge < -0.3 is 19.7 Å². The van der Waals surface area contributed by atoms with Gasteiger partial charge in [0.1, 0.15) is 6.04 Å². The lowest BCUT2D eigenvalue weighted by atomic mass is 10.0. The lowest BCUT2D eigenvalue weighted by Crippen LogP contribution is -2.51. The Morgan fingerprint density at radius 1 is 0.846 bits per heavy atom. The molecule has 208 valence electrons. The zero-order valence-electron chi connectivity index (χ0n) is 23.3. The Hall–Kier alpha value is -3.51. The molecule has 6 nitrogen and oxygen atoms in total. The molecule has 39 heavy (non-hydrogen) atoms. The largest absolute Gasteiger partial charge is 0.490 e. The van der Waals surface area contributed by atoms with Gasteiger partial charge >= 0.3 is 0 Å². The van der Waals surface area contributed by atoms with Crippen LogP contribution in [-0.4, -0.2) is 42.0 Å². The SMILES string of the molecule is CCOc1ccc(CCC(=O)N(Cc2ccc(Cl)cc2)C(Cc2ccccc2)C(=O)NC(C)C)cc1OCC. The molecule has 7 heteroatoms. The number of hydrogen-bond donors (Lipinski definition) is 1. The van der Waals surface area contributed by atoms with Crippen LogP contribution in [0.25, 0.3) is 0 Å². The summed E-state index contributed by atoms with van der Waals surface area (Å²) in [7, 11) is 0. The molecule has 1 N–H and O–H groups in total. The van der Waals surface area contributed by atoms with Gasteiger partial charge in [0.15, 0.2) is 11.5 Å². The summed E-state index contributed by atoms with van der Waals surface area (Å²) in [5.41, 5.74) is 2.86. The van der Waals surface area contributed by atoms with E-state index in [1.54, 1.807) is 17.0 Å². The second-order valence-electron chi connectivity index (χ2n) is 9.66. The second kappa shape index (κ2) is 15.2. The summed E-state index contributed by atoms with van der Waals surface area (Å²) in [5.74, 6) is 1.08. The molecule has 1 unspecified atom stereocenters. The van der Waals surface area contributed by atoms with Crippen LogP contribution in [0.5, 0.6) is 11.5 Å². The molecule has 0 fully saturated rings. The van der Waals surface area contributed by atoms with Crippen LogP contribution in [0.1, 0.15) is 50.8 Å². The monoisotopic (exact) mass is 550 g/mol. The molecule has 0 aromatic heterocycles. The van der Waals surface area contributed by atoms with Gasteiger partial charge in [0.2, 0.25) is 11.8 Å². The molecular weight excluding hydrogens is 512 g/mol. The van der Waals surface area contributed by atoms with E-state index in [2.05, 4.69) is 5.32 Å². The molecule has 0 aliphatic heterocycles. The lowest BCUT2D eigenvalue weighted by Gasteiger charge is -2.32. The minimum Gasteiger partial charge on any atom is -0.490 e.